The van der Waals surface area contributed by atoms with Gasteiger partial charge in [0.2, 0.25) is 0 Å². The number of benzene rings is 2. The molecule has 0 radical (unpaired) electrons. The summed E-state index contributed by atoms with van der Waals surface area (Å²) in [6, 6.07) is 10.9. The molecule has 0 saturated carbocycles. The number of hydrazine groups is 1. The van der Waals surface area contributed by atoms with Crippen molar-refractivity contribution in [1.29, 1.82) is 0 Å². The van der Waals surface area contributed by atoms with Crippen LogP contribution in [0, 0.1) is 24.0 Å². The van der Waals surface area contributed by atoms with Crippen LogP contribution in [0.25, 0.3) is 0 Å². The van der Waals surface area contributed by atoms with Gasteiger partial charge in [-0.05, 0) is 37.6 Å². The number of rotatable bonds is 5. The van der Waals surface area contributed by atoms with Gasteiger partial charge in [0, 0.05) is 23.4 Å². The topological polar surface area (TPSA) is 113 Å². The summed E-state index contributed by atoms with van der Waals surface area (Å²) in [7, 11) is 0. The van der Waals surface area contributed by atoms with E-state index in [4.69, 9.17) is 0 Å². The standard InChI is InChI=1S/C17H18N4O4/c1-11-3-8-15(12(2)9-11)18-10-16(22)19-20-17(23)13-4-6-14(7-5-13)21(24)25/h3-9,18H,10H2,1-2H3,(H,19,22)(H,20,23). The van der Waals surface area contributed by atoms with Crippen LogP contribution in [0.1, 0.15) is 21.5 Å². The molecule has 0 fully saturated rings. The Morgan fingerprint density at radius 2 is 1.72 bits per heavy atom. The molecule has 0 bridgehead atoms. The first-order valence-electron chi connectivity index (χ1n) is 7.51. The van der Waals surface area contributed by atoms with Crippen molar-refractivity contribution in [3.63, 3.8) is 0 Å². The third-order valence-electron chi connectivity index (χ3n) is 3.48. The van der Waals surface area contributed by atoms with Crippen molar-refractivity contribution in [3.05, 3.63) is 69.3 Å². The van der Waals surface area contributed by atoms with Crippen LogP contribution in [0.4, 0.5) is 11.4 Å². The van der Waals surface area contributed by atoms with Gasteiger partial charge in [-0.15, -0.1) is 0 Å². The summed E-state index contributed by atoms with van der Waals surface area (Å²) in [5, 5.41) is 13.6. The highest BCUT2D eigenvalue weighted by atomic mass is 16.6. The fraction of sp³-hybridized carbons (Fsp3) is 0.176. The first-order chi connectivity index (χ1) is 11.9. The Hall–Kier alpha value is -3.42. The van der Waals surface area contributed by atoms with Crippen LogP contribution < -0.4 is 16.2 Å². The van der Waals surface area contributed by atoms with Gasteiger partial charge in [-0.1, -0.05) is 17.7 Å². The molecular weight excluding hydrogens is 324 g/mol. The summed E-state index contributed by atoms with van der Waals surface area (Å²) in [4.78, 5) is 33.7. The number of nitrogens with zero attached hydrogens (tertiary/aromatic N) is 1. The van der Waals surface area contributed by atoms with Gasteiger partial charge < -0.3 is 5.32 Å². The van der Waals surface area contributed by atoms with Crippen molar-refractivity contribution < 1.29 is 14.5 Å². The normalized spacial score (nSPS) is 10.0. The molecule has 0 aromatic heterocycles. The Morgan fingerprint density at radius 3 is 2.32 bits per heavy atom. The monoisotopic (exact) mass is 342 g/mol. The summed E-state index contributed by atoms with van der Waals surface area (Å²) < 4.78 is 0. The second-order valence-corrected chi connectivity index (χ2v) is 5.48. The molecule has 0 atom stereocenters. The number of nitro groups is 1. The van der Waals surface area contributed by atoms with Gasteiger partial charge in [-0.3, -0.25) is 30.6 Å². The number of amides is 2. The first kappa shape index (κ1) is 17.9. The molecule has 0 unspecified atom stereocenters. The van der Waals surface area contributed by atoms with Crippen molar-refractivity contribution in [2.45, 2.75) is 13.8 Å². The molecule has 2 aromatic carbocycles. The average Bonchev–Trinajstić information content (AvgIpc) is 2.59. The van der Waals surface area contributed by atoms with E-state index < -0.39 is 16.7 Å². The number of carbonyl (C=O) groups is 2. The molecule has 2 rings (SSSR count). The van der Waals surface area contributed by atoms with Crippen molar-refractivity contribution in [2.24, 2.45) is 0 Å². The molecule has 130 valence electrons. The third kappa shape index (κ3) is 5.03. The lowest BCUT2D eigenvalue weighted by Crippen LogP contribution is -2.44. The maximum Gasteiger partial charge on any atom is 0.269 e. The third-order valence-corrected chi connectivity index (χ3v) is 3.48. The van der Waals surface area contributed by atoms with Crippen LogP contribution in [0.15, 0.2) is 42.5 Å². The van der Waals surface area contributed by atoms with E-state index in [0.29, 0.717) is 0 Å². The first-order valence-corrected chi connectivity index (χ1v) is 7.51. The zero-order valence-electron chi connectivity index (χ0n) is 13.8. The number of nitro benzene ring substituents is 1. The summed E-state index contributed by atoms with van der Waals surface area (Å²) in [5.41, 5.74) is 7.61. The number of nitrogens with one attached hydrogen (secondary N) is 3. The number of hydrogen-bond acceptors (Lipinski definition) is 5. The SMILES string of the molecule is Cc1ccc(NCC(=O)NNC(=O)c2ccc([N+](=O)[O-])cc2)c(C)c1. The van der Waals surface area contributed by atoms with Crippen LogP contribution in [-0.2, 0) is 4.79 Å². The van der Waals surface area contributed by atoms with E-state index in [-0.39, 0.29) is 17.8 Å². The van der Waals surface area contributed by atoms with Crippen LogP contribution in [0.5, 0.6) is 0 Å². The predicted molar refractivity (Wildman–Crippen MR) is 93.1 cm³/mol. The van der Waals surface area contributed by atoms with Crippen molar-refractivity contribution in [1.82, 2.24) is 10.9 Å². The number of anilines is 1. The van der Waals surface area contributed by atoms with E-state index >= 15 is 0 Å². The number of hydrogen-bond donors (Lipinski definition) is 3. The molecule has 0 aliphatic rings. The second kappa shape index (κ2) is 7.91. The van der Waals surface area contributed by atoms with Gasteiger partial charge in [0.15, 0.2) is 0 Å². The fourth-order valence-electron chi connectivity index (χ4n) is 2.16. The van der Waals surface area contributed by atoms with Gasteiger partial charge in [-0.25, -0.2) is 0 Å². The summed E-state index contributed by atoms with van der Waals surface area (Å²) in [6.07, 6.45) is 0. The molecule has 3 N–H and O–H groups in total. The Morgan fingerprint density at radius 1 is 1.04 bits per heavy atom. The minimum atomic E-state index is -0.560. The zero-order valence-corrected chi connectivity index (χ0v) is 13.8. The van der Waals surface area contributed by atoms with Gasteiger partial charge >= 0.3 is 0 Å². The maximum atomic E-state index is 11.9. The molecule has 2 aromatic rings. The predicted octanol–water partition coefficient (Wildman–Crippen LogP) is 2.08. The Kier molecular flexibility index (Phi) is 5.67. The minimum absolute atomic E-state index is 0.00948. The molecule has 8 nitrogen and oxygen atoms in total. The Balaban J connectivity index is 1.82. The van der Waals surface area contributed by atoms with Crippen molar-refractivity contribution >= 4 is 23.2 Å². The quantitative estimate of drug-likeness (QED) is 0.569. The van der Waals surface area contributed by atoms with Crippen LogP contribution in [-0.4, -0.2) is 23.3 Å². The van der Waals surface area contributed by atoms with E-state index in [1.165, 1.54) is 24.3 Å². The van der Waals surface area contributed by atoms with E-state index in [2.05, 4.69) is 16.2 Å². The smallest absolute Gasteiger partial charge is 0.269 e. The van der Waals surface area contributed by atoms with Crippen molar-refractivity contribution in [2.75, 3.05) is 11.9 Å². The summed E-state index contributed by atoms with van der Waals surface area (Å²) in [6.45, 7) is 3.91. The largest absolute Gasteiger partial charge is 0.376 e. The van der Waals surface area contributed by atoms with Gasteiger partial charge in [0.1, 0.15) is 0 Å². The van der Waals surface area contributed by atoms with E-state index in [1.807, 2.05) is 32.0 Å². The zero-order chi connectivity index (χ0) is 18.4. The Labute approximate surface area is 144 Å². The van der Waals surface area contributed by atoms with Crippen LogP contribution >= 0.6 is 0 Å². The Bertz CT molecular complexity index is 803. The lowest BCUT2D eigenvalue weighted by molar-refractivity contribution is -0.384. The number of aryl methyl sites for hydroxylation is 2. The van der Waals surface area contributed by atoms with Gasteiger partial charge in [-0.2, -0.15) is 0 Å². The van der Waals surface area contributed by atoms with E-state index in [1.54, 1.807) is 0 Å². The van der Waals surface area contributed by atoms with Gasteiger partial charge in [0.25, 0.3) is 17.5 Å². The molecule has 0 spiro atoms. The molecular formula is C17H18N4O4. The van der Waals surface area contributed by atoms with Crippen molar-refractivity contribution in [3.8, 4) is 0 Å². The highest BCUT2D eigenvalue weighted by Crippen LogP contribution is 2.15. The molecule has 0 aliphatic carbocycles. The highest BCUT2D eigenvalue weighted by molar-refractivity contribution is 5.95. The maximum absolute atomic E-state index is 11.9. The van der Waals surface area contributed by atoms with E-state index in [9.17, 15) is 19.7 Å². The summed E-state index contributed by atoms with van der Waals surface area (Å²) >= 11 is 0. The molecule has 25 heavy (non-hydrogen) atoms. The molecule has 2 amide bonds. The average molecular weight is 342 g/mol. The fourth-order valence-corrected chi connectivity index (χ4v) is 2.16. The van der Waals surface area contributed by atoms with Gasteiger partial charge in [0.05, 0.1) is 11.5 Å². The molecule has 0 saturated heterocycles. The minimum Gasteiger partial charge on any atom is -0.376 e. The lowest BCUT2D eigenvalue weighted by atomic mass is 10.1. The lowest BCUT2D eigenvalue weighted by Gasteiger charge is -2.11. The molecule has 0 aliphatic heterocycles. The number of carbonyl (C=O) groups excluding carboxylic acids is 2. The second-order valence-electron chi connectivity index (χ2n) is 5.48. The summed E-state index contributed by atoms with van der Waals surface area (Å²) in [5.74, 6) is -0.981. The molecule has 8 heteroatoms. The van der Waals surface area contributed by atoms with E-state index in [0.717, 1.165) is 16.8 Å². The van der Waals surface area contributed by atoms with Crippen LogP contribution in [0.3, 0.4) is 0 Å². The van der Waals surface area contributed by atoms with Crippen LogP contribution in [0.2, 0.25) is 0 Å². The number of non-ortho nitro benzene ring substituents is 1. The highest BCUT2D eigenvalue weighted by Gasteiger charge is 2.10. The molecule has 0 heterocycles.